The van der Waals surface area contributed by atoms with Gasteiger partial charge >= 0.3 is 6.18 Å². The summed E-state index contributed by atoms with van der Waals surface area (Å²) in [7, 11) is 1.77. The number of benzene rings is 1. The van der Waals surface area contributed by atoms with Gasteiger partial charge < -0.3 is 0 Å². The summed E-state index contributed by atoms with van der Waals surface area (Å²) in [6.07, 6.45) is -0.240. The summed E-state index contributed by atoms with van der Waals surface area (Å²) in [5, 5.41) is 3.27. The number of anilines is 1. The highest BCUT2D eigenvalue weighted by atomic mass is 19.4. The molecule has 1 aromatic carbocycles. The van der Waals surface area contributed by atoms with Crippen molar-refractivity contribution >= 4 is 5.69 Å². The molecule has 1 heterocycles. The van der Waals surface area contributed by atoms with Crippen molar-refractivity contribution < 1.29 is 17.6 Å². The van der Waals surface area contributed by atoms with E-state index in [1.807, 2.05) is 0 Å². The molecular weight excluding hydrogens is 320 g/mol. The number of halogens is 4. The molecule has 0 spiro atoms. The summed E-state index contributed by atoms with van der Waals surface area (Å²) >= 11 is 0. The molecule has 6 heteroatoms. The van der Waals surface area contributed by atoms with Crippen LogP contribution >= 0.6 is 0 Å². The average molecular weight is 340 g/mol. The van der Waals surface area contributed by atoms with Crippen LogP contribution in [0.3, 0.4) is 0 Å². The van der Waals surface area contributed by atoms with Gasteiger partial charge in [-0.2, -0.15) is 13.2 Å². The topological polar surface area (TPSA) is 6.48 Å². The van der Waals surface area contributed by atoms with Gasteiger partial charge in [0.1, 0.15) is 5.69 Å². The van der Waals surface area contributed by atoms with E-state index < -0.39 is 17.6 Å². The van der Waals surface area contributed by atoms with Crippen LogP contribution in [0.15, 0.2) is 23.4 Å². The summed E-state index contributed by atoms with van der Waals surface area (Å²) in [6.45, 7) is 1.88. The maximum atomic E-state index is 14.7. The van der Waals surface area contributed by atoms with E-state index in [1.54, 1.807) is 12.1 Å². The number of hydrogen-bond donors (Lipinski definition) is 0. The molecule has 2 nitrogen and oxygen atoms in total. The Morgan fingerprint density at radius 2 is 1.67 bits per heavy atom. The van der Waals surface area contributed by atoms with Gasteiger partial charge in [-0.15, -0.1) is 0 Å². The zero-order chi connectivity index (χ0) is 17.2. The first-order valence-corrected chi connectivity index (χ1v) is 8.39. The van der Waals surface area contributed by atoms with E-state index in [9.17, 15) is 17.6 Å². The SMILES string of the molecule is Cc1ccc(C(F)(F)F)c(N2CC(C3CC3)=C(C3CC3)N2C)c1F. The van der Waals surface area contributed by atoms with Crippen molar-refractivity contribution in [3.8, 4) is 0 Å². The summed E-state index contributed by atoms with van der Waals surface area (Å²) in [5.41, 5.74) is 1.35. The lowest BCUT2D eigenvalue weighted by atomic mass is 10.1. The quantitative estimate of drug-likeness (QED) is 0.723. The Morgan fingerprint density at radius 3 is 2.21 bits per heavy atom. The molecule has 0 bridgehead atoms. The van der Waals surface area contributed by atoms with Gasteiger partial charge in [0.2, 0.25) is 0 Å². The van der Waals surface area contributed by atoms with Crippen LogP contribution < -0.4 is 5.01 Å². The smallest absolute Gasteiger partial charge is 0.292 e. The maximum Gasteiger partial charge on any atom is 0.418 e. The Hall–Kier alpha value is -1.72. The number of allylic oxidation sites excluding steroid dienone is 1. The zero-order valence-corrected chi connectivity index (χ0v) is 13.8. The Morgan fingerprint density at radius 1 is 1.04 bits per heavy atom. The van der Waals surface area contributed by atoms with E-state index >= 15 is 0 Å². The van der Waals surface area contributed by atoms with Gasteiger partial charge in [0, 0.05) is 18.7 Å². The van der Waals surface area contributed by atoms with E-state index in [-0.39, 0.29) is 11.3 Å². The number of alkyl halides is 3. The van der Waals surface area contributed by atoms with Crippen LogP contribution in [-0.4, -0.2) is 18.6 Å². The first kappa shape index (κ1) is 15.8. The fourth-order valence-corrected chi connectivity index (χ4v) is 3.72. The largest absolute Gasteiger partial charge is 0.418 e. The molecule has 0 amide bonds. The lowest BCUT2D eigenvalue weighted by Crippen LogP contribution is -2.37. The predicted octanol–water partition coefficient (Wildman–Crippen LogP) is 4.89. The van der Waals surface area contributed by atoms with E-state index in [2.05, 4.69) is 0 Å². The van der Waals surface area contributed by atoms with Crippen molar-refractivity contribution in [1.82, 2.24) is 5.01 Å². The lowest BCUT2D eigenvalue weighted by Gasteiger charge is -2.33. The van der Waals surface area contributed by atoms with Crippen molar-refractivity contribution in [2.45, 2.75) is 38.8 Å². The molecule has 0 N–H and O–H groups in total. The van der Waals surface area contributed by atoms with Crippen LogP contribution in [0, 0.1) is 24.6 Å². The molecule has 0 unspecified atom stereocenters. The number of hydrogen-bond acceptors (Lipinski definition) is 2. The van der Waals surface area contributed by atoms with Crippen LogP contribution in [-0.2, 0) is 6.18 Å². The molecule has 3 aliphatic rings. The zero-order valence-electron chi connectivity index (χ0n) is 13.8. The number of rotatable bonds is 3. The molecule has 2 saturated carbocycles. The molecule has 4 rings (SSSR count). The monoisotopic (exact) mass is 340 g/mol. The Bertz CT molecular complexity index is 714. The second-order valence-electron chi connectivity index (χ2n) is 7.13. The van der Waals surface area contributed by atoms with Gasteiger partial charge in [-0.05, 0) is 55.7 Å². The molecule has 1 aliphatic heterocycles. The molecule has 1 aromatic rings. The van der Waals surface area contributed by atoms with Gasteiger partial charge in [0.15, 0.2) is 5.82 Å². The summed E-state index contributed by atoms with van der Waals surface area (Å²) in [5.74, 6) is 0.122. The van der Waals surface area contributed by atoms with Crippen molar-refractivity contribution in [3.63, 3.8) is 0 Å². The lowest BCUT2D eigenvalue weighted by molar-refractivity contribution is -0.137. The molecule has 0 aromatic heterocycles. The second-order valence-corrected chi connectivity index (χ2v) is 7.13. The van der Waals surface area contributed by atoms with Crippen LogP contribution in [0.2, 0.25) is 0 Å². The molecule has 0 atom stereocenters. The number of aryl methyl sites for hydroxylation is 1. The van der Waals surface area contributed by atoms with E-state index in [0.717, 1.165) is 37.4 Å². The standard InChI is InChI=1S/C18H20F4N2/c1-10-3-8-14(18(20,21)22)17(15(10)19)24-9-13(11-4-5-11)16(23(24)2)12-6-7-12/h3,8,11-12H,4-7,9H2,1-2H3. The van der Waals surface area contributed by atoms with Crippen molar-refractivity contribution in [3.05, 3.63) is 40.3 Å². The van der Waals surface area contributed by atoms with Crippen LogP contribution in [0.25, 0.3) is 0 Å². The number of hydrazine groups is 1. The molecule has 0 radical (unpaired) electrons. The third kappa shape index (κ3) is 2.47. The van der Waals surface area contributed by atoms with Crippen LogP contribution in [0.1, 0.15) is 36.8 Å². The highest BCUT2D eigenvalue weighted by molar-refractivity contribution is 5.60. The minimum absolute atomic E-state index is 0.235. The van der Waals surface area contributed by atoms with Crippen molar-refractivity contribution in [2.24, 2.45) is 11.8 Å². The molecule has 130 valence electrons. The van der Waals surface area contributed by atoms with Crippen LogP contribution in [0.4, 0.5) is 23.2 Å². The average Bonchev–Trinajstić information content (AvgIpc) is 3.39. The third-order valence-corrected chi connectivity index (χ3v) is 5.27. The van der Waals surface area contributed by atoms with Gasteiger partial charge in [-0.3, -0.25) is 10.0 Å². The maximum absolute atomic E-state index is 14.7. The first-order valence-electron chi connectivity index (χ1n) is 8.39. The minimum Gasteiger partial charge on any atom is -0.292 e. The highest BCUT2D eigenvalue weighted by Gasteiger charge is 2.45. The summed E-state index contributed by atoms with van der Waals surface area (Å²) in [6, 6.07) is 2.20. The fraction of sp³-hybridized carbons (Fsp3) is 0.556. The van der Waals surface area contributed by atoms with E-state index in [0.29, 0.717) is 18.4 Å². The highest BCUT2D eigenvalue weighted by Crippen LogP contribution is 2.51. The molecule has 0 saturated heterocycles. The summed E-state index contributed by atoms with van der Waals surface area (Å²) in [4.78, 5) is 0. The molecule has 2 fully saturated rings. The van der Waals surface area contributed by atoms with Gasteiger partial charge in [-0.25, -0.2) is 4.39 Å². The molecule has 24 heavy (non-hydrogen) atoms. The van der Waals surface area contributed by atoms with Crippen molar-refractivity contribution in [2.75, 3.05) is 18.6 Å². The third-order valence-electron chi connectivity index (χ3n) is 5.27. The normalized spacial score (nSPS) is 21.9. The van der Waals surface area contributed by atoms with Gasteiger partial charge in [0.25, 0.3) is 0 Å². The summed E-state index contributed by atoms with van der Waals surface area (Å²) < 4.78 is 55.1. The van der Waals surface area contributed by atoms with Gasteiger partial charge in [-0.1, -0.05) is 6.07 Å². The number of nitrogens with zero attached hydrogens (tertiary/aromatic N) is 2. The minimum atomic E-state index is -4.58. The molecular formula is C18H20F4N2. The second kappa shape index (κ2) is 5.14. The van der Waals surface area contributed by atoms with E-state index in [4.69, 9.17) is 0 Å². The Balaban J connectivity index is 1.79. The molecule has 2 aliphatic carbocycles. The van der Waals surface area contributed by atoms with Crippen molar-refractivity contribution in [1.29, 1.82) is 0 Å². The van der Waals surface area contributed by atoms with Gasteiger partial charge in [0.05, 0.1) is 12.1 Å². The van der Waals surface area contributed by atoms with E-state index in [1.165, 1.54) is 23.6 Å². The first-order chi connectivity index (χ1) is 11.3. The predicted molar refractivity (Wildman–Crippen MR) is 83.7 cm³/mol. The fourth-order valence-electron chi connectivity index (χ4n) is 3.72. The Labute approximate surface area is 138 Å². The Kier molecular flexibility index (Phi) is 3.38. The van der Waals surface area contributed by atoms with Crippen LogP contribution in [0.5, 0.6) is 0 Å².